The molecule has 0 aliphatic rings. The summed E-state index contributed by atoms with van der Waals surface area (Å²) in [6, 6.07) is 12.1. The molecule has 3 rings (SSSR count). The monoisotopic (exact) mass is 318 g/mol. The fourth-order valence-electron chi connectivity index (χ4n) is 1.84. The molecular weight excluding hydrogens is 308 g/mol. The molecule has 3 aromatic rings. The van der Waals surface area contributed by atoms with Gasteiger partial charge in [0, 0.05) is 11.4 Å². The van der Waals surface area contributed by atoms with E-state index in [1.165, 1.54) is 11.3 Å². The predicted molar refractivity (Wildman–Crippen MR) is 88.1 cm³/mol. The largest absolute Gasteiger partial charge is 0.399 e. The van der Waals surface area contributed by atoms with Crippen molar-refractivity contribution in [2.75, 3.05) is 16.4 Å². The van der Waals surface area contributed by atoms with E-state index in [9.17, 15) is 4.79 Å². The summed E-state index contributed by atoms with van der Waals surface area (Å²) in [4.78, 5) is 16.2. The van der Waals surface area contributed by atoms with E-state index < -0.39 is 0 Å². The number of nitrogens with one attached hydrogen (secondary N) is 2. The number of halogens is 1. The van der Waals surface area contributed by atoms with Crippen LogP contribution in [0.4, 0.5) is 21.3 Å². The van der Waals surface area contributed by atoms with Crippen molar-refractivity contribution in [2.45, 2.75) is 0 Å². The van der Waals surface area contributed by atoms with Gasteiger partial charge >= 0.3 is 6.03 Å². The van der Waals surface area contributed by atoms with E-state index in [-0.39, 0.29) is 6.03 Å². The molecule has 0 aliphatic heterocycles. The molecule has 2 amide bonds. The molecule has 0 saturated heterocycles. The number of urea groups is 1. The number of carbonyl (C=O) groups excluding carboxylic acids is 1. The minimum Gasteiger partial charge on any atom is -0.399 e. The Morgan fingerprint density at radius 1 is 1.19 bits per heavy atom. The average Bonchev–Trinajstić information content (AvgIpc) is 2.82. The number of fused-ring (bicyclic) bond motifs is 1. The molecule has 106 valence electrons. The fraction of sp³-hybridized carbons (Fsp3) is 0. The maximum absolute atomic E-state index is 11.9. The van der Waals surface area contributed by atoms with Crippen LogP contribution in [0.5, 0.6) is 0 Å². The van der Waals surface area contributed by atoms with E-state index >= 15 is 0 Å². The van der Waals surface area contributed by atoms with Crippen molar-refractivity contribution < 1.29 is 4.79 Å². The van der Waals surface area contributed by atoms with Crippen LogP contribution in [0.3, 0.4) is 0 Å². The number of nitrogen functional groups attached to an aromatic ring is 1. The van der Waals surface area contributed by atoms with Gasteiger partial charge in [-0.3, -0.25) is 5.32 Å². The van der Waals surface area contributed by atoms with Crippen LogP contribution in [0.2, 0.25) is 5.02 Å². The highest BCUT2D eigenvalue weighted by Crippen LogP contribution is 2.30. The molecule has 0 unspecified atom stereocenters. The number of carbonyl (C=O) groups is 1. The van der Waals surface area contributed by atoms with E-state index in [2.05, 4.69) is 15.6 Å². The molecule has 0 radical (unpaired) electrons. The van der Waals surface area contributed by atoms with Crippen LogP contribution in [0, 0.1) is 0 Å². The first-order valence-electron chi connectivity index (χ1n) is 6.10. The number of hydrogen-bond acceptors (Lipinski definition) is 4. The molecule has 0 spiro atoms. The second-order valence-electron chi connectivity index (χ2n) is 4.31. The van der Waals surface area contributed by atoms with Crippen LogP contribution in [-0.4, -0.2) is 11.0 Å². The number of aromatic nitrogens is 1. The molecule has 0 atom stereocenters. The first kappa shape index (κ1) is 13.7. The van der Waals surface area contributed by atoms with Crippen molar-refractivity contribution >= 4 is 55.7 Å². The standard InChI is InChI=1S/C14H11ClN4OS/c15-10-5-2-6-11-12(10)18-14(21-11)19-13(20)17-9-4-1-3-8(16)7-9/h1-7H,16H2,(H2,17,18,19,20). The van der Waals surface area contributed by atoms with Gasteiger partial charge < -0.3 is 11.1 Å². The van der Waals surface area contributed by atoms with E-state index in [0.717, 1.165) is 4.70 Å². The average molecular weight is 319 g/mol. The van der Waals surface area contributed by atoms with Gasteiger partial charge in [-0.25, -0.2) is 9.78 Å². The zero-order valence-corrected chi connectivity index (χ0v) is 12.3. The summed E-state index contributed by atoms with van der Waals surface area (Å²) in [6.07, 6.45) is 0. The lowest BCUT2D eigenvalue weighted by Gasteiger charge is -2.05. The number of thiazole rings is 1. The topological polar surface area (TPSA) is 80.0 Å². The lowest BCUT2D eigenvalue weighted by molar-refractivity contribution is 0.262. The zero-order chi connectivity index (χ0) is 14.8. The molecule has 5 nitrogen and oxygen atoms in total. The normalized spacial score (nSPS) is 10.5. The number of para-hydroxylation sites is 1. The van der Waals surface area contributed by atoms with Crippen molar-refractivity contribution in [2.24, 2.45) is 0 Å². The maximum atomic E-state index is 11.9. The Morgan fingerprint density at radius 3 is 2.76 bits per heavy atom. The third kappa shape index (κ3) is 3.07. The molecule has 0 saturated carbocycles. The zero-order valence-electron chi connectivity index (χ0n) is 10.8. The smallest absolute Gasteiger partial charge is 0.325 e. The first-order chi connectivity index (χ1) is 10.1. The van der Waals surface area contributed by atoms with Crippen LogP contribution < -0.4 is 16.4 Å². The number of rotatable bonds is 2. The van der Waals surface area contributed by atoms with Gasteiger partial charge in [-0.15, -0.1) is 0 Å². The van der Waals surface area contributed by atoms with Crippen LogP contribution in [0.25, 0.3) is 10.2 Å². The van der Waals surface area contributed by atoms with Gasteiger partial charge in [0.05, 0.1) is 9.72 Å². The Kier molecular flexibility index (Phi) is 3.64. The molecule has 0 fully saturated rings. The summed E-state index contributed by atoms with van der Waals surface area (Å²) in [5, 5.41) is 6.43. The Morgan fingerprint density at radius 2 is 2.00 bits per heavy atom. The predicted octanol–water partition coefficient (Wildman–Crippen LogP) is 4.18. The van der Waals surface area contributed by atoms with Crippen LogP contribution >= 0.6 is 22.9 Å². The highest BCUT2D eigenvalue weighted by atomic mass is 35.5. The lowest BCUT2D eigenvalue weighted by atomic mass is 10.3. The second kappa shape index (κ2) is 5.59. The minimum atomic E-state index is -0.379. The van der Waals surface area contributed by atoms with Crippen molar-refractivity contribution in [3.05, 3.63) is 47.5 Å². The van der Waals surface area contributed by atoms with Crippen LogP contribution in [-0.2, 0) is 0 Å². The third-order valence-electron chi connectivity index (χ3n) is 2.73. The van der Waals surface area contributed by atoms with Gasteiger partial charge in [0.1, 0.15) is 5.52 Å². The van der Waals surface area contributed by atoms with Gasteiger partial charge in [0.2, 0.25) is 0 Å². The Labute approximate surface area is 129 Å². The van der Waals surface area contributed by atoms with E-state index in [0.29, 0.717) is 27.0 Å². The van der Waals surface area contributed by atoms with Crippen LogP contribution in [0.1, 0.15) is 0 Å². The molecule has 2 aromatic carbocycles. The van der Waals surface area contributed by atoms with Crippen molar-refractivity contribution in [1.29, 1.82) is 0 Å². The molecule has 1 aromatic heterocycles. The SMILES string of the molecule is Nc1cccc(NC(=O)Nc2nc3c(Cl)cccc3s2)c1. The third-order valence-corrected chi connectivity index (χ3v) is 3.98. The van der Waals surface area contributed by atoms with Crippen molar-refractivity contribution in [1.82, 2.24) is 4.98 Å². The molecule has 21 heavy (non-hydrogen) atoms. The molecule has 0 aliphatic carbocycles. The summed E-state index contributed by atoms with van der Waals surface area (Å²) in [5.41, 5.74) is 7.54. The Hall–Kier alpha value is -2.31. The summed E-state index contributed by atoms with van der Waals surface area (Å²) in [5.74, 6) is 0. The number of hydrogen-bond donors (Lipinski definition) is 3. The second-order valence-corrected chi connectivity index (χ2v) is 5.75. The number of anilines is 3. The molecular formula is C14H11ClN4OS. The van der Waals surface area contributed by atoms with Crippen LogP contribution in [0.15, 0.2) is 42.5 Å². The Balaban J connectivity index is 1.75. The summed E-state index contributed by atoms with van der Waals surface area (Å²) >= 11 is 7.42. The van der Waals surface area contributed by atoms with Gasteiger partial charge in [0.25, 0.3) is 0 Å². The fourth-order valence-corrected chi connectivity index (χ4v) is 3.00. The van der Waals surface area contributed by atoms with Crippen molar-refractivity contribution in [3.63, 3.8) is 0 Å². The summed E-state index contributed by atoms with van der Waals surface area (Å²) in [6.45, 7) is 0. The number of nitrogens with two attached hydrogens (primary N) is 1. The van der Waals surface area contributed by atoms with Gasteiger partial charge in [0.15, 0.2) is 5.13 Å². The van der Waals surface area contributed by atoms with Gasteiger partial charge in [-0.05, 0) is 30.3 Å². The Bertz CT molecular complexity index is 818. The highest BCUT2D eigenvalue weighted by molar-refractivity contribution is 7.22. The quantitative estimate of drug-likeness (QED) is 0.620. The number of nitrogens with zero attached hydrogens (tertiary/aromatic N) is 1. The van der Waals surface area contributed by atoms with Gasteiger partial charge in [-0.1, -0.05) is 35.1 Å². The molecule has 4 N–H and O–H groups in total. The van der Waals surface area contributed by atoms with Gasteiger partial charge in [-0.2, -0.15) is 0 Å². The van der Waals surface area contributed by atoms with Crippen molar-refractivity contribution in [3.8, 4) is 0 Å². The number of amides is 2. The van der Waals surface area contributed by atoms with E-state index in [1.807, 2.05) is 12.1 Å². The molecule has 7 heteroatoms. The van der Waals surface area contributed by atoms with E-state index in [1.54, 1.807) is 30.3 Å². The first-order valence-corrected chi connectivity index (χ1v) is 7.30. The lowest BCUT2D eigenvalue weighted by Crippen LogP contribution is -2.19. The molecule has 0 bridgehead atoms. The summed E-state index contributed by atoms with van der Waals surface area (Å²) < 4.78 is 0.918. The summed E-state index contributed by atoms with van der Waals surface area (Å²) in [7, 11) is 0. The minimum absolute atomic E-state index is 0.379. The number of benzene rings is 2. The van der Waals surface area contributed by atoms with E-state index in [4.69, 9.17) is 17.3 Å². The highest BCUT2D eigenvalue weighted by Gasteiger charge is 2.09. The maximum Gasteiger partial charge on any atom is 0.325 e. The molecule has 1 heterocycles.